The Kier molecular flexibility index (Phi) is 5.92. The number of nitro groups is 1. The summed E-state index contributed by atoms with van der Waals surface area (Å²) in [6.07, 6.45) is 2.35. The predicted octanol–water partition coefficient (Wildman–Crippen LogP) is 2.16. The van der Waals surface area contributed by atoms with Crippen LogP contribution in [0, 0.1) is 10.1 Å². The molecule has 0 radical (unpaired) electrons. The number of nitro benzene ring substituents is 1. The average Bonchev–Trinajstić information content (AvgIpc) is 2.94. The Hall–Kier alpha value is -2.15. The zero-order valence-corrected chi connectivity index (χ0v) is 13.3. The number of benzene rings is 1. The molecule has 0 aromatic heterocycles. The van der Waals surface area contributed by atoms with Gasteiger partial charge in [-0.1, -0.05) is 12.1 Å². The van der Waals surface area contributed by atoms with Gasteiger partial charge in [0.25, 0.3) is 5.69 Å². The van der Waals surface area contributed by atoms with Crippen LogP contribution in [0.4, 0.5) is 11.4 Å². The second-order valence-corrected chi connectivity index (χ2v) is 5.92. The standard InChI is InChI=1S/C16H23N3O4/c1-12(20)11-13-5-4-10-18(13)16(21)8-9-17-14-6-2-3-7-15(14)19(22)23/h2-3,6-7,12-13,17,20H,4-5,8-11H2,1H3. The fourth-order valence-corrected chi connectivity index (χ4v) is 3.03. The number of nitrogens with one attached hydrogen (secondary N) is 1. The third-order valence-corrected chi connectivity index (χ3v) is 4.07. The first-order valence-corrected chi connectivity index (χ1v) is 7.94. The van der Waals surface area contributed by atoms with Crippen molar-refractivity contribution in [3.05, 3.63) is 34.4 Å². The molecule has 2 atom stereocenters. The SMILES string of the molecule is CC(O)CC1CCCN1C(=O)CCNc1ccccc1[N+](=O)[O-]. The molecule has 7 heteroatoms. The highest BCUT2D eigenvalue weighted by atomic mass is 16.6. The van der Waals surface area contributed by atoms with E-state index in [1.54, 1.807) is 25.1 Å². The van der Waals surface area contributed by atoms with Crippen LogP contribution in [0.5, 0.6) is 0 Å². The first-order valence-electron chi connectivity index (χ1n) is 7.94. The van der Waals surface area contributed by atoms with E-state index in [1.165, 1.54) is 6.07 Å². The maximum Gasteiger partial charge on any atom is 0.292 e. The highest BCUT2D eigenvalue weighted by molar-refractivity contribution is 5.77. The molecule has 1 aromatic rings. The van der Waals surface area contributed by atoms with Crippen LogP contribution in [0.3, 0.4) is 0 Å². The number of amides is 1. The van der Waals surface area contributed by atoms with Gasteiger partial charge in [0.1, 0.15) is 5.69 Å². The minimum absolute atomic E-state index is 0.00750. The lowest BCUT2D eigenvalue weighted by atomic mass is 10.1. The Balaban J connectivity index is 1.86. The van der Waals surface area contributed by atoms with Gasteiger partial charge in [0, 0.05) is 31.6 Å². The van der Waals surface area contributed by atoms with E-state index in [0.29, 0.717) is 18.7 Å². The molecule has 0 spiro atoms. The number of rotatable bonds is 7. The number of anilines is 1. The summed E-state index contributed by atoms with van der Waals surface area (Å²) in [4.78, 5) is 24.6. The third kappa shape index (κ3) is 4.66. The van der Waals surface area contributed by atoms with Crippen LogP contribution < -0.4 is 5.32 Å². The van der Waals surface area contributed by atoms with Crippen LogP contribution in [0.2, 0.25) is 0 Å². The van der Waals surface area contributed by atoms with Crippen LogP contribution >= 0.6 is 0 Å². The molecule has 126 valence electrons. The Morgan fingerprint density at radius 1 is 1.52 bits per heavy atom. The summed E-state index contributed by atoms with van der Waals surface area (Å²) < 4.78 is 0. The molecule has 23 heavy (non-hydrogen) atoms. The van der Waals surface area contributed by atoms with E-state index in [2.05, 4.69) is 5.32 Å². The van der Waals surface area contributed by atoms with Crippen LogP contribution in [0.15, 0.2) is 24.3 Å². The van der Waals surface area contributed by atoms with E-state index in [-0.39, 0.29) is 24.1 Å². The number of para-hydroxylation sites is 2. The molecule has 1 aromatic carbocycles. The summed E-state index contributed by atoms with van der Waals surface area (Å²) in [7, 11) is 0. The Morgan fingerprint density at radius 3 is 2.96 bits per heavy atom. The summed E-state index contributed by atoms with van der Waals surface area (Å²) in [5.74, 6) is 0.0271. The first kappa shape index (κ1) is 17.2. The molecule has 7 nitrogen and oxygen atoms in total. The van der Waals surface area contributed by atoms with E-state index in [0.717, 1.165) is 19.4 Å². The molecule has 1 saturated heterocycles. The zero-order chi connectivity index (χ0) is 16.8. The van der Waals surface area contributed by atoms with Gasteiger partial charge in [-0.15, -0.1) is 0 Å². The van der Waals surface area contributed by atoms with Crippen molar-refractivity contribution in [1.82, 2.24) is 4.90 Å². The molecule has 2 rings (SSSR count). The van der Waals surface area contributed by atoms with Gasteiger partial charge >= 0.3 is 0 Å². The number of likely N-dealkylation sites (tertiary alicyclic amines) is 1. The lowest BCUT2D eigenvalue weighted by Crippen LogP contribution is -2.37. The van der Waals surface area contributed by atoms with Crippen molar-refractivity contribution in [2.75, 3.05) is 18.4 Å². The monoisotopic (exact) mass is 321 g/mol. The molecule has 2 unspecified atom stereocenters. The average molecular weight is 321 g/mol. The van der Waals surface area contributed by atoms with E-state index in [1.807, 2.05) is 4.90 Å². The first-order chi connectivity index (χ1) is 11.0. The number of aliphatic hydroxyl groups excluding tert-OH is 1. The summed E-state index contributed by atoms with van der Waals surface area (Å²) in [6, 6.07) is 6.50. The van der Waals surface area contributed by atoms with Crippen LogP contribution in [0.1, 0.15) is 32.6 Å². The van der Waals surface area contributed by atoms with Gasteiger partial charge in [-0.2, -0.15) is 0 Å². The van der Waals surface area contributed by atoms with Crippen molar-refractivity contribution >= 4 is 17.3 Å². The molecule has 1 aliphatic rings. The molecule has 0 aliphatic carbocycles. The van der Waals surface area contributed by atoms with Gasteiger partial charge < -0.3 is 15.3 Å². The van der Waals surface area contributed by atoms with Crippen LogP contribution in [-0.4, -0.2) is 46.1 Å². The van der Waals surface area contributed by atoms with E-state index in [9.17, 15) is 20.0 Å². The number of hydrogen-bond donors (Lipinski definition) is 2. The third-order valence-electron chi connectivity index (χ3n) is 4.07. The molecule has 1 heterocycles. The van der Waals surface area contributed by atoms with Crippen molar-refractivity contribution in [2.45, 2.75) is 44.8 Å². The van der Waals surface area contributed by atoms with Crippen LogP contribution in [0.25, 0.3) is 0 Å². The fraction of sp³-hybridized carbons (Fsp3) is 0.562. The maximum absolute atomic E-state index is 12.3. The fourth-order valence-electron chi connectivity index (χ4n) is 3.03. The summed E-state index contributed by atoms with van der Waals surface area (Å²) in [6.45, 7) is 2.81. The second kappa shape index (κ2) is 7.92. The zero-order valence-electron chi connectivity index (χ0n) is 13.3. The number of carbonyl (C=O) groups excluding carboxylic acids is 1. The molecule has 1 fully saturated rings. The van der Waals surface area contributed by atoms with Gasteiger partial charge in [-0.25, -0.2) is 0 Å². The van der Waals surface area contributed by atoms with Gasteiger partial charge in [0.05, 0.1) is 11.0 Å². The van der Waals surface area contributed by atoms with E-state index < -0.39 is 11.0 Å². The smallest absolute Gasteiger partial charge is 0.292 e. The summed E-state index contributed by atoms with van der Waals surface area (Å²) in [5.41, 5.74) is 0.431. The van der Waals surface area contributed by atoms with Crippen molar-refractivity contribution in [3.63, 3.8) is 0 Å². The quantitative estimate of drug-likeness (QED) is 0.592. The Bertz CT molecular complexity index is 562. The van der Waals surface area contributed by atoms with Crippen molar-refractivity contribution < 1.29 is 14.8 Å². The van der Waals surface area contributed by atoms with Crippen molar-refractivity contribution in [1.29, 1.82) is 0 Å². The van der Waals surface area contributed by atoms with Crippen molar-refractivity contribution in [3.8, 4) is 0 Å². The Labute approximate surface area is 135 Å². The molecular weight excluding hydrogens is 298 g/mol. The van der Waals surface area contributed by atoms with E-state index >= 15 is 0 Å². The topological polar surface area (TPSA) is 95.7 Å². The second-order valence-electron chi connectivity index (χ2n) is 5.92. The number of aliphatic hydroxyl groups is 1. The highest BCUT2D eigenvalue weighted by Crippen LogP contribution is 2.24. The van der Waals surface area contributed by atoms with Gasteiger partial charge in [-0.05, 0) is 32.3 Å². The maximum atomic E-state index is 12.3. The molecule has 1 aliphatic heterocycles. The normalized spacial score (nSPS) is 18.7. The minimum atomic E-state index is -0.441. The minimum Gasteiger partial charge on any atom is -0.393 e. The molecule has 0 bridgehead atoms. The predicted molar refractivity (Wildman–Crippen MR) is 87.2 cm³/mol. The van der Waals surface area contributed by atoms with Gasteiger partial charge in [0.15, 0.2) is 0 Å². The molecule has 0 saturated carbocycles. The van der Waals surface area contributed by atoms with Crippen LogP contribution in [-0.2, 0) is 4.79 Å². The van der Waals surface area contributed by atoms with Gasteiger partial charge in [-0.3, -0.25) is 14.9 Å². The number of nitrogens with zero attached hydrogens (tertiary/aromatic N) is 2. The van der Waals surface area contributed by atoms with Gasteiger partial charge in [0.2, 0.25) is 5.91 Å². The number of hydrogen-bond acceptors (Lipinski definition) is 5. The van der Waals surface area contributed by atoms with Crippen molar-refractivity contribution in [2.24, 2.45) is 0 Å². The lowest BCUT2D eigenvalue weighted by Gasteiger charge is -2.25. The highest BCUT2D eigenvalue weighted by Gasteiger charge is 2.29. The molecular formula is C16H23N3O4. The molecule has 1 amide bonds. The summed E-state index contributed by atoms with van der Waals surface area (Å²) in [5, 5.41) is 23.4. The summed E-state index contributed by atoms with van der Waals surface area (Å²) >= 11 is 0. The largest absolute Gasteiger partial charge is 0.393 e. The number of carbonyl (C=O) groups is 1. The van der Waals surface area contributed by atoms with E-state index in [4.69, 9.17) is 0 Å². The Morgan fingerprint density at radius 2 is 2.26 bits per heavy atom. The lowest BCUT2D eigenvalue weighted by molar-refractivity contribution is -0.384. The molecule has 2 N–H and O–H groups in total.